The normalized spacial score (nSPS) is 18.4. The average molecular weight is 333 g/mol. The summed E-state index contributed by atoms with van der Waals surface area (Å²) in [5, 5.41) is 13.7. The van der Waals surface area contributed by atoms with Crippen LogP contribution in [-0.4, -0.2) is 55.4 Å². The van der Waals surface area contributed by atoms with Crippen molar-refractivity contribution >= 4 is 23.2 Å². The number of hydrogen-bond acceptors (Lipinski definition) is 4. The number of rotatable bonds is 8. The average Bonchev–Trinajstić information content (AvgIpc) is 2.95. The van der Waals surface area contributed by atoms with Crippen LogP contribution in [0.5, 0.6) is 5.75 Å². The summed E-state index contributed by atoms with van der Waals surface area (Å²) in [5.41, 5.74) is 0. The molecule has 2 rings (SSSR count). The Kier molecular flexibility index (Phi) is 7.07. The molecule has 0 bridgehead atoms. The van der Waals surface area contributed by atoms with Gasteiger partial charge in [-0.05, 0) is 31.5 Å². The van der Waals surface area contributed by atoms with Crippen LogP contribution in [0.2, 0.25) is 10.0 Å². The van der Waals surface area contributed by atoms with Gasteiger partial charge in [0.15, 0.2) is 5.75 Å². The Labute approximate surface area is 136 Å². The molecule has 1 aromatic rings. The zero-order valence-corrected chi connectivity index (χ0v) is 13.5. The Morgan fingerprint density at radius 1 is 1.29 bits per heavy atom. The van der Waals surface area contributed by atoms with E-state index in [-0.39, 0.29) is 6.61 Å². The SMILES string of the molecule is OCCN(CCOc1c(Cl)cccc1Cl)CC1CCCN1. The van der Waals surface area contributed by atoms with E-state index in [2.05, 4.69) is 10.2 Å². The van der Waals surface area contributed by atoms with Crippen molar-refractivity contribution in [2.24, 2.45) is 0 Å². The molecule has 21 heavy (non-hydrogen) atoms. The summed E-state index contributed by atoms with van der Waals surface area (Å²) in [7, 11) is 0. The molecule has 4 nitrogen and oxygen atoms in total. The molecule has 0 aliphatic carbocycles. The number of hydrogen-bond donors (Lipinski definition) is 2. The molecule has 0 spiro atoms. The van der Waals surface area contributed by atoms with Crippen molar-refractivity contribution in [3.8, 4) is 5.75 Å². The summed E-state index contributed by atoms with van der Waals surface area (Å²) in [5.74, 6) is 0.531. The summed E-state index contributed by atoms with van der Waals surface area (Å²) in [6, 6.07) is 5.83. The topological polar surface area (TPSA) is 44.7 Å². The minimum absolute atomic E-state index is 0.152. The van der Waals surface area contributed by atoms with E-state index in [1.54, 1.807) is 18.2 Å². The van der Waals surface area contributed by atoms with Gasteiger partial charge in [0.1, 0.15) is 6.61 Å². The monoisotopic (exact) mass is 332 g/mol. The second-order valence-electron chi connectivity index (χ2n) is 5.22. The number of aliphatic hydroxyl groups excluding tert-OH is 1. The smallest absolute Gasteiger partial charge is 0.156 e. The van der Waals surface area contributed by atoms with Gasteiger partial charge in [0.2, 0.25) is 0 Å². The third-order valence-corrected chi connectivity index (χ3v) is 4.23. The second-order valence-corrected chi connectivity index (χ2v) is 6.03. The lowest BCUT2D eigenvalue weighted by molar-refractivity contribution is 0.159. The first-order valence-corrected chi connectivity index (χ1v) is 8.09. The molecule has 1 aromatic carbocycles. The van der Waals surface area contributed by atoms with Crippen molar-refractivity contribution < 1.29 is 9.84 Å². The Morgan fingerprint density at radius 3 is 2.67 bits per heavy atom. The van der Waals surface area contributed by atoms with Gasteiger partial charge >= 0.3 is 0 Å². The van der Waals surface area contributed by atoms with Gasteiger partial charge in [-0.2, -0.15) is 0 Å². The number of para-hydroxylation sites is 1. The first-order valence-electron chi connectivity index (χ1n) is 7.34. The number of ether oxygens (including phenoxy) is 1. The van der Waals surface area contributed by atoms with Gasteiger partial charge in [-0.25, -0.2) is 0 Å². The molecule has 1 unspecified atom stereocenters. The number of halogens is 2. The Bertz CT molecular complexity index is 419. The highest BCUT2D eigenvalue weighted by Crippen LogP contribution is 2.32. The molecule has 2 N–H and O–H groups in total. The Morgan fingerprint density at radius 2 is 2.05 bits per heavy atom. The van der Waals surface area contributed by atoms with Crippen LogP contribution in [0, 0.1) is 0 Å². The quantitative estimate of drug-likeness (QED) is 0.767. The molecule has 0 radical (unpaired) electrons. The third-order valence-electron chi connectivity index (χ3n) is 3.63. The van der Waals surface area contributed by atoms with Gasteiger partial charge in [0.25, 0.3) is 0 Å². The molecule has 1 atom stereocenters. The van der Waals surface area contributed by atoms with Crippen LogP contribution in [0.1, 0.15) is 12.8 Å². The summed E-state index contributed by atoms with van der Waals surface area (Å²) < 4.78 is 5.70. The molecular weight excluding hydrogens is 311 g/mol. The van der Waals surface area contributed by atoms with Crippen LogP contribution in [-0.2, 0) is 0 Å². The Balaban J connectivity index is 1.81. The van der Waals surface area contributed by atoms with Crippen molar-refractivity contribution in [2.45, 2.75) is 18.9 Å². The Hall–Kier alpha value is -0.520. The first kappa shape index (κ1) is 16.8. The van der Waals surface area contributed by atoms with Gasteiger partial charge in [0.05, 0.1) is 16.7 Å². The molecule has 0 aromatic heterocycles. The molecule has 1 aliphatic rings. The largest absolute Gasteiger partial charge is 0.489 e. The van der Waals surface area contributed by atoms with E-state index < -0.39 is 0 Å². The summed E-state index contributed by atoms with van der Waals surface area (Å²) in [6.07, 6.45) is 2.42. The third kappa shape index (κ3) is 5.31. The fourth-order valence-electron chi connectivity index (χ4n) is 2.56. The van der Waals surface area contributed by atoms with Crippen LogP contribution < -0.4 is 10.1 Å². The van der Waals surface area contributed by atoms with E-state index in [4.69, 9.17) is 27.9 Å². The van der Waals surface area contributed by atoms with Gasteiger partial charge in [-0.15, -0.1) is 0 Å². The maximum atomic E-state index is 9.17. The summed E-state index contributed by atoms with van der Waals surface area (Å²) >= 11 is 12.1. The van der Waals surface area contributed by atoms with E-state index in [9.17, 15) is 5.11 Å². The number of aliphatic hydroxyl groups is 1. The number of nitrogens with one attached hydrogen (secondary N) is 1. The van der Waals surface area contributed by atoms with Gasteiger partial charge in [-0.1, -0.05) is 29.3 Å². The molecule has 118 valence electrons. The van der Waals surface area contributed by atoms with Gasteiger partial charge in [0, 0.05) is 25.7 Å². The summed E-state index contributed by atoms with van der Waals surface area (Å²) in [6.45, 7) is 4.05. The summed E-state index contributed by atoms with van der Waals surface area (Å²) in [4.78, 5) is 2.20. The zero-order chi connectivity index (χ0) is 15.1. The number of nitrogens with zero attached hydrogens (tertiary/aromatic N) is 1. The minimum atomic E-state index is 0.152. The predicted molar refractivity (Wildman–Crippen MR) is 86.5 cm³/mol. The standard InChI is InChI=1S/C15H22Cl2N2O2/c16-13-4-1-5-14(17)15(13)21-10-8-19(7-9-20)11-12-3-2-6-18-12/h1,4-5,12,18,20H,2-3,6-11H2. The van der Waals surface area contributed by atoms with Crippen LogP contribution in [0.15, 0.2) is 18.2 Å². The van der Waals surface area contributed by atoms with Crippen molar-refractivity contribution in [2.75, 3.05) is 39.4 Å². The van der Waals surface area contributed by atoms with Crippen molar-refractivity contribution in [1.29, 1.82) is 0 Å². The van der Waals surface area contributed by atoms with Crippen LogP contribution in [0.4, 0.5) is 0 Å². The highest BCUT2D eigenvalue weighted by molar-refractivity contribution is 6.37. The van der Waals surface area contributed by atoms with Crippen molar-refractivity contribution in [3.05, 3.63) is 28.2 Å². The molecular formula is C15H22Cl2N2O2. The molecule has 6 heteroatoms. The highest BCUT2D eigenvalue weighted by Gasteiger charge is 2.17. The zero-order valence-electron chi connectivity index (χ0n) is 12.0. The fourth-order valence-corrected chi connectivity index (χ4v) is 3.06. The molecule has 1 heterocycles. The van der Waals surface area contributed by atoms with E-state index >= 15 is 0 Å². The molecule has 0 saturated carbocycles. The number of benzene rings is 1. The maximum Gasteiger partial charge on any atom is 0.156 e. The second kappa shape index (κ2) is 8.81. The van der Waals surface area contributed by atoms with E-state index in [0.29, 0.717) is 35.0 Å². The molecule has 0 amide bonds. The highest BCUT2D eigenvalue weighted by atomic mass is 35.5. The first-order chi connectivity index (χ1) is 10.2. The van der Waals surface area contributed by atoms with E-state index in [1.807, 2.05) is 0 Å². The van der Waals surface area contributed by atoms with E-state index in [1.165, 1.54) is 12.8 Å². The van der Waals surface area contributed by atoms with Crippen LogP contribution in [0.3, 0.4) is 0 Å². The van der Waals surface area contributed by atoms with Crippen molar-refractivity contribution in [3.63, 3.8) is 0 Å². The fraction of sp³-hybridized carbons (Fsp3) is 0.600. The van der Waals surface area contributed by atoms with Crippen LogP contribution >= 0.6 is 23.2 Å². The van der Waals surface area contributed by atoms with Gasteiger partial charge in [-0.3, -0.25) is 4.90 Å². The predicted octanol–water partition coefficient (Wildman–Crippen LogP) is 2.42. The van der Waals surface area contributed by atoms with Crippen molar-refractivity contribution in [1.82, 2.24) is 10.2 Å². The van der Waals surface area contributed by atoms with Crippen LogP contribution in [0.25, 0.3) is 0 Å². The molecule has 1 aliphatic heterocycles. The van der Waals surface area contributed by atoms with E-state index in [0.717, 1.165) is 19.6 Å². The van der Waals surface area contributed by atoms with Gasteiger partial charge < -0.3 is 15.2 Å². The maximum absolute atomic E-state index is 9.17. The lowest BCUT2D eigenvalue weighted by Gasteiger charge is -2.25. The molecule has 1 fully saturated rings. The lowest BCUT2D eigenvalue weighted by atomic mass is 10.2. The minimum Gasteiger partial charge on any atom is -0.489 e. The lowest BCUT2D eigenvalue weighted by Crippen LogP contribution is -2.40. The molecule has 1 saturated heterocycles.